The Morgan fingerprint density at radius 1 is 0.633 bits per heavy atom. The first-order valence-corrected chi connectivity index (χ1v) is 20.9. The summed E-state index contributed by atoms with van der Waals surface area (Å²) in [5.74, 6) is -1.14. The van der Waals surface area contributed by atoms with Crippen molar-refractivity contribution in [1.29, 1.82) is 0 Å². The first-order chi connectivity index (χ1) is 25.2. The van der Waals surface area contributed by atoms with E-state index < -0.39 is 52.5 Å². The molecule has 0 aliphatic heterocycles. The number of carbonyl (C=O) groups is 2. The van der Waals surface area contributed by atoms with Crippen molar-refractivity contribution in [2.45, 2.75) is 207 Å². The number of hydrogen-bond donors (Lipinski definition) is 1. The third kappa shape index (κ3) is 37.8. The fraction of sp³-hybridized carbons (Fsp3) is 0.897. The minimum absolute atomic E-state index is 0. The molecule has 2 atom stereocenters. The molecule has 1 unspecified atom stereocenters. The maximum absolute atomic E-state index is 12.6. The summed E-state index contributed by atoms with van der Waals surface area (Å²) in [7, 11) is -5.47. The number of phosphoric acid groups is 1. The van der Waals surface area contributed by atoms with Gasteiger partial charge in [-0.15, -0.1) is 0 Å². The molecule has 0 aromatic carbocycles. The van der Waals surface area contributed by atoms with E-state index in [9.17, 15) is 19.0 Å². The van der Waals surface area contributed by atoms with E-state index in [-0.39, 0.29) is 19.0 Å². The number of esters is 2. The summed E-state index contributed by atoms with van der Waals surface area (Å²) < 4.78 is 68.0. The molecule has 0 aliphatic rings. The fourth-order valence-electron chi connectivity index (χ4n) is 5.50. The van der Waals surface area contributed by atoms with Crippen LogP contribution in [0.2, 0.25) is 0 Å². The molecule has 0 amide bonds. The van der Waals surface area contributed by atoms with E-state index in [1.807, 2.05) is 0 Å². The van der Waals surface area contributed by atoms with Crippen molar-refractivity contribution >= 4 is 19.8 Å². The average molecular weight is 725 g/mol. The molecule has 0 saturated heterocycles. The van der Waals surface area contributed by atoms with Gasteiger partial charge in [-0.3, -0.25) is 14.2 Å². The molecule has 0 saturated carbocycles. The molecule has 0 aromatic rings. The summed E-state index contributed by atoms with van der Waals surface area (Å²) in [6.45, 7) is -3.77. The van der Waals surface area contributed by atoms with Crippen molar-refractivity contribution in [2.75, 3.05) is 19.8 Å². The number of phosphoric ester groups is 1. The third-order valence-electron chi connectivity index (χ3n) is 8.43. The minimum atomic E-state index is -5.47. The summed E-state index contributed by atoms with van der Waals surface area (Å²) in [4.78, 5) is 37.2. The summed E-state index contributed by atoms with van der Waals surface area (Å²) in [6.07, 6.45) is 33.1. The summed E-state index contributed by atoms with van der Waals surface area (Å²) in [6, 6.07) is 0. The zero-order valence-electron chi connectivity index (χ0n) is 36.7. The van der Waals surface area contributed by atoms with Crippen LogP contribution in [0, 0.1) is 0 Å². The van der Waals surface area contributed by atoms with Gasteiger partial charge < -0.3 is 29.6 Å². The summed E-state index contributed by atoms with van der Waals surface area (Å²) >= 11 is 0. The van der Waals surface area contributed by atoms with Gasteiger partial charge in [-0.05, 0) is 45.4 Å². The molecule has 0 bridgehead atoms. The maximum atomic E-state index is 12.6. The first-order valence-electron chi connectivity index (χ1n) is 21.9. The van der Waals surface area contributed by atoms with Crippen molar-refractivity contribution < 1.29 is 44.4 Å². The Kier molecular flexibility index (Phi) is 31.4. The molecule has 0 fully saturated rings. The van der Waals surface area contributed by atoms with Crippen LogP contribution in [0.3, 0.4) is 0 Å². The number of quaternary nitrogens is 1. The highest BCUT2D eigenvalue weighted by atomic mass is 31.2. The van der Waals surface area contributed by atoms with Crippen molar-refractivity contribution in [2.24, 2.45) is 0 Å². The highest BCUT2D eigenvalue weighted by Gasteiger charge is 2.20. The van der Waals surface area contributed by atoms with Gasteiger partial charge in [0.1, 0.15) is 6.61 Å². The number of carbonyl (C=O) groups excluding carboxylic acids is 2. The van der Waals surface area contributed by atoms with Crippen LogP contribution in [0.5, 0.6) is 0 Å². The molecule has 4 N–H and O–H groups in total. The van der Waals surface area contributed by atoms with Gasteiger partial charge >= 0.3 is 11.9 Å². The Hall–Kier alpha value is -1.25. The molecule has 0 heterocycles. The van der Waals surface area contributed by atoms with Crippen molar-refractivity contribution in [1.82, 2.24) is 6.15 Å². The lowest BCUT2D eigenvalue weighted by molar-refractivity contribution is -0.228. The minimum Gasteiger partial charge on any atom is -0.756 e. The second-order valence-corrected chi connectivity index (χ2v) is 14.4. The van der Waals surface area contributed by atoms with Crippen LogP contribution in [0.25, 0.3) is 0 Å². The lowest BCUT2D eigenvalue weighted by Crippen LogP contribution is -2.30. The molecule has 0 radical (unpaired) electrons. The number of ether oxygens (including phenoxy) is 2. The normalized spacial score (nSPS) is 15.3. The molecule has 0 aliphatic carbocycles. The zero-order valence-corrected chi connectivity index (χ0v) is 32.6. The van der Waals surface area contributed by atoms with Crippen molar-refractivity contribution in [3.05, 3.63) is 12.2 Å². The highest BCUT2D eigenvalue weighted by Crippen LogP contribution is 2.38. The van der Waals surface area contributed by atoms with Gasteiger partial charge in [0.05, 0.1) is 15.9 Å². The third-order valence-corrected chi connectivity index (χ3v) is 9.21. The van der Waals surface area contributed by atoms with Gasteiger partial charge in [0, 0.05) is 17.0 Å². The number of hydrogen-bond acceptors (Lipinski definition) is 8. The second-order valence-electron chi connectivity index (χ2n) is 13.1. The van der Waals surface area contributed by atoms with E-state index in [0.717, 1.165) is 57.8 Å². The van der Waals surface area contributed by atoms with Crippen LogP contribution < -0.4 is 11.0 Å². The van der Waals surface area contributed by atoms with Crippen LogP contribution in [0.15, 0.2) is 12.2 Å². The fourth-order valence-corrected chi connectivity index (χ4v) is 6.02. The van der Waals surface area contributed by atoms with Gasteiger partial charge in [-0.25, -0.2) is 0 Å². The van der Waals surface area contributed by atoms with Crippen LogP contribution >= 0.6 is 7.82 Å². The largest absolute Gasteiger partial charge is 0.756 e. The Labute approximate surface area is 308 Å². The number of allylic oxidation sites excluding steroid dienone is 2. The molecule has 49 heavy (non-hydrogen) atoms. The van der Waals surface area contributed by atoms with Gasteiger partial charge in [0.2, 0.25) is 0 Å². The topological polar surface area (TPSA) is 148 Å². The van der Waals surface area contributed by atoms with E-state index in [4.69, 9.17) is 16.3 Å². The van der Waals surface area contributed by atoms with E-state index in [2.05, 4.69) is 35.0 Å². The van der Waals surface area contributed by atoms with Gasteiger partial charge in [0.25, 0.3) is 7.82 Å². The molecular formula is C39H78NO8P. The van der Waals surface area contributed by atoms with Crippen molar-refractivity contribution in [3.63, 3.8) is 0 Å². The molecule has 0 spiro atoms. The molecular weight excluding hydrogens is 641 g/mol. The predicted molar refractivity (Wildman–Crippen MR) is 202 cm³/mol. The Morgan fingerprint density at radius 3 is 1.49 bits per heavy atom. The monoisotopic (exact) mass is 725 g/mol. The zero-order chi connectivity index (χ0) is 39.7. The summed E-state index contributed by atoms with van der Waals surface area (Å²) in [5, 5.41) is 0. The molecule has 292 valence electrons. The Balaban J connectivity index is 0. The lowest BCUT2D eigenvalue weighted by atomic mass is 10.0. The molecule has 10 heteroatoms. The van der Waals surface area contributed by atoms with Gasteiger partial charge in [-0.1, -0.05) is 154 Å². The quantitative estimate of drug-likeness (QED) is 0.0288. The van der Waals surface area contributed by atoms with E-state index in [1.165, 1.54) is 96.3 Å². The van der Waals surface area contributed by atoms with Gasteiger partial charge in [-0.2, -0.15) is 0 Å². The molecule has 0 rings (SSSR count). The first kappa shape index (κ1) is 40.5. The Morgan fingerprint density at radius 2 is 1.04 bits per heavy atom. The summed E-state index contributed by atoms with van der Waals surface area (Å²) in [5.41, 5.74) is 0. The lowest BCUT2D eigenvalue weighted by Gasteiger charge is -2.25. The van der Waals surface area contributed by atoms with Crippen molar-refractivity contribution in [3.8, 4) is 0 Å². The second kappa shape index (κ2) is 38.0. The van der Waals surface area contributed by atoms with E-state index in [1.54, 1.807) is 0 Å². The van der Waals surface area contributed by atoms with E-state index in [0.29, 0.717) is 12.8 Å². The van der Waals surface area contributed by atoms with Crippen LogP contribution in [0.1, 0.15) is 207 Å². The predicted octanol–water partition coefficient (Wildman–Crippen LogP) is 11.9. The van der Waals surface area contributed by atoms with Crippen LogP contribution in [-0.2, 0) is 32.7 Å². The van der Waals surface area contributed by atoms with Gasteiger partial charge in [0.15, 0.2) is 6.10 Å². The average Bonchev–Trinajstić information content (AvgIpc) is 3.08. The van der Waals surface area contributed by atoms with Crippen LogP contribution in [0.4, 0.5) is 0 Å². The number of unbranched alkanes of at least 4 members (excludes halogenated alkanes) is 23. The Bertz CT molecular complexity index is 987. The number of rotatable bonds is 37. The molecule has 9 nitrogen and oxygen atoms in total. The smallest absolute Gasteiger partial charge is 0.306 e. The maximum Gasteiger partial charge on any atom is 0.306 e. The molecule has 0 aromatic heterocycles. The van der Waals surface area contributed by atoms with Crippen LogP contribution in [-0.4, -0.2) is 37.8 Å². The highest BCUT2D eigenvalue weighted by molar-refractivity contribution is 7.45. The SMILES string of the molecule is [2H]C([2H])([2H])C([2H])([2H])OP(=O)([O-])OC[C@@H](COC(=O)CCCCCCCCCCCCCCC)OC(=O)CCCCCCC/C=C/CCCCCCCC.[NH4+]. The van der Waals surface area contributed by atoms with E-state index >= 15 is 0 Å². The standard InChI is InChI=1S/C39H75O8P.H3N/c1-4-7-9-11-13-15-17-19-20-22-24-26-28-30-32-34-39(41)47-37(36-46-48(42,43)45-6-3)35-44-38(40)33-31-29-27-25-23-21-18-16-14-12-10-8-5-2;/h19-20,37H,4-18,21-36H2,1-3H3,(H,42,43);1H3/b20-19+;/t37-;/m1./s1/i3D3,6D2;.